The maximum absolute atomic E-state index is 12.1. The number of nitrogens with one attached hydrogen (secondary N) is 1. The fraction of sp³-hybridized carbons (Fsp3) is 0.286. The third-order valence-corrected chi connectivity index (χ3v) is 3.60. The van der Waals surface area contributed by atoms with Gasteiger partial charge in [-0.25, -0.2) is 4.79 Å². The fourth-order valence-electron chi connectivity index (χ4n) is 2.12. The summed E-state index contributed by atoms with van der Waals surface area (Å²) in [4.78, 5) is 35.0. The zero-order valence-electron chi connectivity index (χ0n) is 15.7. The lowest BCUT2D eigenvalue weighted by molar-refractivity contribution is -0.158. The number of hydrogen-bond acceptors (Lipinski definition) is 6. The molecule has 0 atom stereocenters. The average Bonchev–Trinajstić information content (AvgIpc) is 2.72. The van der Waals surface area contributed by atoms with Crippen LogP contribution in [-0.2, 0) is 19.1 Å². The van der Waals surface area contributed by atoms with Crippen molar-refractivity contribution in [2.24, 2.45) is 0 Å². The van der Waals surface area contributed by atoms with Gasteiger partial charge in [0, 0.05) is 5.56 Å². The summed E-state index contributed by atoms with van der Waals surface area (Å²) in [6.45, 7) is 1.46. The molecule has 2 rings (SSSR count). The van der Waals surface area contributed by atoms with Gasteiger partial charge in [0.25, 0.3) is 5.91 Å². The van der Waals surface area contributed by atoms with Crippen molar-refractivity contribution in [3.05, 3.63) is 60.2 Å². The van der Waals surface area contributed by atoms with Crippen LogP contribution >= 0.6 is 0 Å². The van der Waals surface area contributed by atoms with E-state index in [9.17, 15) is 14.4 Å². The Bertz CT molecular complexity index is 773. The van der Waals surface area contributed by atoms with Crippen LogP contribution in [0.4, 0.5) is 0 Å². The minimum Gasteiger partial charge on any atom is -0.463 e. The van der Waals surface area contributed by atoms with E-state index in [1.165, 1.54) is 0 Å². The Labute approximate surface area is 163 Å². The van der Waals surface area contributed by atoms with Crippen LogP contribution in [0.3, 0.4) is 0 Å². The summed E-state index contributed by atoms with van der Waals surface area (Å²) in [5, 5.41) is 2.44. The lowest BCUT2D eigenvalue weighted by atomic mass is 10.2. The molecule has 0 unspecified atom stereocenters. The maximum Gasteiger partial charge on any atom is 0.344 e. The molecule has 0 aliphatic rings. The molecule has 0 bridgehead atoms. The molecule has 2 aromatic rings. The molecule has 0 saturated heterocycles. The van der Waals surface area contributed by atoms with Gasteiger partial charge in [0.05, 0.1) is 6.61 Å². The highest BCUT2D eigenvalue weighted by molar-refractivity contribution is 5.96. The number of unbranched alkanes of at least 4 members (excludes halogenated alkanes) is 1. The lowest BCUT2D eigenvalue weighted by Crippen LogP contribution is -2.31. The summed E-state index contributed by atoms with van der Waals surface area (Å²) in [5.74, 6) is -0.486. The van der Waals surface area contributed by atoms with Crippen molar-refractivity contribution in [2.75, 3.05) is 19.8 Å². The Balaban J connectivity index is 1.72. The first kappa shape index (κ1) is 21.0. The van der Waals surface area contributed by atoms with Crippen molar-refractivity contribution >= 4 is 17.8 Å². The van der Waals surface area contributed by atoms with Crippen LogP contribution in [0.2, 0.25) is 0 Å². The second-order valence-electron chi connectivity index (χ2n) is 5.86. The van der Waals surface area contributed by atoms with Gasteiger partial charge in [0.2, 0.25) is 0 Å². The van der Waals surface area contributed by atoms with Crippen LogP contribution in [0.1, 0.15) is 30.1 Å². The van der Waals surface area contributed by atoms with Crippen LogP contribution in [0.5, 0.6) is 11.5 Å². The molecule has 0 aromatic heterocycles. The molecule has 28 heavy (non-hydrogen) atoms. The molecule has 0 aliphatic heterocycles. The molecule has 1 N–H and O–H groups in total. The van der Waals surface area contributed by atoms with Crippen LogP contribution < -0.4 is 10.1 Å². The van der Waals surface area contributed by atoms with Crippen molar-refractivity contribution in [1.29, 1.82) is 0 Å². The number of hydrogen-bond donors (Lipinski definition) is 1. The summed E-state index contributed by atoms with van der Waals surface area (Å²) in [6.07, 6.45) is 1.66. The molecule has 148 valence electrons. The zero-order chi connectivity index (χ0) is 20.2. The Hall–Kier alpha value is -3.35. The van der Waals surface area contributed by atoms with Crippen LogP contribution in [0.15, 0.2) is 54.6 Å². The monoisotopic (exact) mass is 385 g/mol. The van der Waals surface area contributed by atoms with Gasteiger partial charge in [-0.15, -0.1) is 0 Å². The van der Waals surface area contributed by atoms with E-state index in [2.05, 4.69) is 5.32 Å². The molecule has 0 fully saturated rings. The first-order valence-corrected chi connectivity index (χ1v) is 9.01. The summed E-state index contributed by atoms with van der Waals surface area (Å²) in [5.41, 5.74) is 0.368. The number of carbonyl (C=O) groups excluding carboxylic acids is 3. The predicted octanol–water partition coefficient (Wildman–Crippen LogP) is 3.10. The minimum absolute atomic E-state index is 0.299. The third kappa shape index (κ3) is 7.49. The van der Waals surface area contributed by atoms with E-state index in [0.29, 0.717) is 23.7 Å². The number of para-hydroxylation sites is 1. The quantitative estimate of drug-likeness (QED) is 0.499. The Morgan fingerprint density at radius 3 is 2.21 bits per heavy atom. The lowest BCUT2D eigenvalue weighted by Gasteiger charge is -2.08. The zero-order valence-corrected chi connectivity index (χ0v) is 15.7. The first-order valence-electron chi connectivity index (χ1n) is 9.01. The van der Waals surface area contributed by atoms with Gasteiger partial charge in [-0.3, -0.25) is 9.59 Å². The number of benzene rings is 2. The van der Waals surface area contributed by atoms with Crippen LogP contribution in [0, 0.1) is 0 Å². The van der Waals surface area contributed by atoms with Crippen molar-refractivity contribution in [3.8, 4) is 11.5 Å². The number of ether oxygens (including phenoxy) is 3. The fourth-order valence-corrected chi connectivity index (χ4v) is 2.12. The average molecular weight is 385 g/mol. The highest BCUT2D eigenvalue weighted by Crippen LogP contribution is 2.21. The number of carbonyl (C=O) groups is 3. The smallest absolute Gasteiger partial charge is 0.344 e. The van der Waals surface area contributed by atoms with E-state index in [4.69, 9.17) is 14.2 Å². The molecular weight excluding hydrogens is 362 g/mol. The van der Waals surface area contributed by atoms with Crippen LogP contribution in [-0.4, -0.2) is 37.6 Å². The summed E-state index contributed by atoms with van der Waals surface area (Å²) < 4.78 is 15.3. The second-order valence-corrected chi connectivity index (χ2v) is 5.86. The molecule has 7 heteroatoms. The van der Waals surface area contributed by atoms with Crippen molar-refractivity contribution < 1.29 is 28.6 Å². The third-order valence-electron chi connectivity index (χ3n) is 3.60. The van der Waals surface area contributed by atoms with Gasteiger partial charge in [0.1, 0.15) is 18.0 Å². The van der Waals surface area contributed by atoms with E-state index < -0.39 is 24.5 Å². The molecular formula is C21H23NO6. The highest BCUT2D eigenvalue weighted by atomic mass is 16.6. The molecule has 0 spiro atoms. The Kier molecular flexibility index (Phi) is 8.52. The van der Waals surface area contributed by atoms with E-state index >= 15 is 0 Å². The second kappa shape index (κ2) is 11.4. The van der Waals surface area contributed by atoms with Crippen molar-refractivity contribution in [1.82, 2.24) is 5.32 Å². The SMILES string of the molecule is CCCCOC(=O)COC(=O)CNC(=O)c1ccc(Oc2ccccc2)cc1. The van der Waals surface area contributed by atoms with Crippen molar-refractivity contribution in [3.63, 3.8) is 0 Å². The molecule has 0 aliphatic carbocycles. The minimum atomic E-state index is -0.718. The molecule has 2 aromatic carbocycles. The molecule has 0 radical (unpaired) electrons. The van der Waals surface area contributed by atoms with Gasteiger partial charge in [0.15, 0.2) is 6.61 Å². The number of esters is 2. The number of rotatable bonds is 10. The molecule has 7 nitrogen and oxygen atoms in total. The number of amides is 1. The van der Waals surface area contributed by atoms with E-state index in [-0.39, 0.29) is 6.54 Å². The topological polar surface area (TPSA) is 90.9 Å². The van der Waals surface area contributed by atoms with Gasteiger partial charge in [-0.05, 0) is 42.8 Å². The van der Waals surface area contributed by atoms with E-state index in [0.717, 1.165) is 12.8 Å². The normalized spacial score (nSPS) is 10.0. The van der Waals surface area contributed by atoms with Gasteiger partial charge < -0.3 is 19.5 Å². The van der Waals surface area contributed by atoms with Crippen molar-refractivity contribution in [2.45, 2.75) is 19.8 Å². The first-order chi connectivity index (χ1) is 13.6. The molecule has 0 saturated carbocycles. The highest BCUT2D eigenvalue weighted by Gasteiger charge is 2.11. The van der Waals surface area contributed by atoms with Gasteiger partial charge in [-0.2, -0.15) is 0 Å². The summed E-state index contributed by atoms with van der Waals surface area (Å²) in [6, 6.07) is 15.8. The van der Waals surface area contributed by atoms with E-state index in [1.54, 1.807) is 24.3 Å². The van der Waals surface area contributed by atoms with Crippen LogP contribution in [0.25, 0.3) is 0 Å². The summed E-state index contributed by atoms with van der Waals surface area (Å²) >= 11 is 0. The van der Waals surface area contributed by atoms with Gasteiger partial charge in [-0.1, -0.05) is 31.5 Å². The molecule has 1 amide bonds. The Morgan fingerprint density at radius 2 is 1.54 bits per heavy atom. The Morgan fingerprint density at radius 1 is 0.857 bits per heavy atom. The van der Waals surface area contributed by atoms with Gasteiger partial charge >= 0.3 is 11.9 Å². The summed E-state index contributed by atoms with van der Waals surface area (Å²) in [7, 11) is 0. The standard InChI is InChI=1S/C21H23NO6/c1-2-3-13-26-20(24)15-27-19(23)14-22-21(25)16-9-11-18(12-10-16)28-17-7-5-4-6-8-17/h4-12H,2-3,13-15H2,1H3,(H,22,25). The largest absolute Gasteiger partial charge is 0.463 e. The molecule has 0 heterocycles. The predicted molar refractivity (Wildman–Crippen MR) is 102 cm³/mol. The van der Waals surface area contributed by atoms with E-state index in [1.807, 2.05) is 37.3 Å². The maximum atomic E-state index is 12.1.